The number of nitrogens with zero attached hydrogens (tertiary/aromatic N) is 2. The van der Waals surface area contributed by atoms with E-state index in [1.165, 1.54) is 11.1 Å². The lowest BCUT2D eigenvalue weighted by Crippen LogP contribution is -2.46. The predicted molar refractivity (Wildman–Crippen MR) is 72.7 cm³/mol. The molecule has 0 amide bonds. The molecule has 2 N–H and O–H groups in total. The molecule has 1 aromatic rings. The Balaban J connectivity index is 2.06. The van der Waals surface area contributed by atoms with Crippen LogP contribution >= 0.6 is 0 Å². The second kappa shape index (κ2) is 4.31. The minimum atomic E-state index is 0.202. The molecule has 1 heterocycles. The molecule has 0 bridgehead atoms. The Morgan fingerprint density at radius 1 is 1.24 bits per heavy atom. The van der Waals surface area contributed by atoms with Crippen molar-refractivity contribution in [3.05, 3.63) is 29.3 Å². The first-order valence-corrected chi connectivity index (χ1v) is 6.15. The number of hydrogen-bond donors (Lipinski definition) is 1. The van der Waals surface area contributed by atoms with E-state index in [4.69, 9.17) is 5.73 Å². The van der Waals surface area contributed by atoms with Gasteiger partial charge in [-0.2, -0.15) is 0 Å². The van der Waals surface area contributed by atoms with Gasteiger partial charge in [0.05, 0.1) is 0 Å². The molecule has 17 heavy (non-hydrogen) atoms. The van der Waals surface area contributed by atoms with Crippen LogP contribution in [0.5, 0.6) is 0 Å². The normalized spacial score (nSPS) is 16.5. The molecule has 0 fully saturated rings. The van der Waals surface area contributed by atoms with Crippen molar-refractivity contribution in [2.45, 2.75) is 32.5 Å². The second-order valence-electron chi connectivity index (χ2n) is 5.88. The maximum atomic E-state index is 5.83. The van der Waals surface area contributed by atoms with Crippen LogP contribution in [0.15, 0.2) is 18.2 Å². The first-order valence-electron chi connectivity index (χ1n) is 6.15. The minimum absolute atomic E-state index is 0.202. The van der Waals surface area contributed by atoms with Crippen LogP contribution in [0.1, 0.15) is 25.0 Å². The molecule has 1 aliphatic rings. The number of nitrogens with two attached hydrogens (primary N) is 1. The van der Waals surface area contributed by atoms with Crippen molar-refractivity contribution >= 4 is 5.69 Å². The van der Waals surface area contributed by atoms with E-state index in [-0.39, 0.29) is 5.54 Å². The molecule has 0 saturated heterocycles. The standard InChI is InChI=1S/C14H23N3/c1-14(2,16(3)4)10-17-8-11-5-6-13(15)7-12(11)9-17/h5-7H,8-10,15H2,1-4H3. The topological polar surface area (TPSA) is 32.5 Å². The molecule has 0 atom stereocenters. The molecule has 2 rings (SSSR count). The maximum Gasteiger partial charge on any atom is 0.0317 e. The van der Waals surface area contributed by atoms with Gasteiger partial charge in [-0.3, -0.25) is 4.90 Å². The first kappa shape index (κ1) is 12.4. The van der Waals surface area contributed by atoms with Crippen molar-refractivity contribution < 1.29 is 0 Å². The smallest absolute Gasteiger partial charge is 0.0317 e. The van der Waals surface area contributed by atoms with Crippen molar-refractivity contribution in [2.75, 3.05) is 26.4 Å². The summed E-state index contributed by atoms with van der Waals surface area (Å²) < 4.78 is 0. The summed E-state index contributed by atoms with van der Waals surface area (Å²) in [5, 5.41) is 0. The van der Waals surface area contributed by atoms with Crippen molar-refractivity contribution in [3.8, 4) is 0 Å². The second-order valence-corrected chi connectivity index (χ2v) is 5.88. The quantitative estimate of drug-likeness (QED) is 0.810. The lowest BCUT2D eigenvalue weighted by atomic mass is 10.0. The van der Waals surface area contributed by atoms with Gasteiger partial charge in [-0.1, -0.05) is 6.07 Å². The van der Waals surface area contributed by atoms with Gasteiger partial charge in [0.25, 0.3) is 0 Å². The number of fused-ring (bicyclic) bond motifs is 1. The molecule has 0 saturated carbocycles. The molecule has 0 unspecified atom stereocenters. The van der Waals surface area contributed by atoms with Crippen LogP contribution in [0.3, 0.4) is 0 Å². The number of likely N-dealkylation sites (N-methyl/N-ethyl adjacent to an activating group) is 1. The number of nitrogen functional groups attached to an aromatic ring is 1. The molecule has 1 aliphatic heterocycles. The Bertz CT molecular complexity index is 410. The van der Waals surface area contributed by atoms with E-state index in [0.29, 0.717) is 0 Å². The molecule has 0 radical (unpaired) electrons. The summed E-state index contributed by atoms with van der Waals surface area (Å²) in [6, 6.07) is 6.27. The monoisotopic (exact) mass is 233 g/mol. The van der Waals surface area contributed by atoms with E-state index in [1.807, 2.05) is 6.07 Å². The molecule has 0 aromatic heterocycles. The number of hydrogen-bond acceptors (Lipinski definition) is 3. The SMILES string of the molecule is CN(C)C(C)(C)CN1Cc2ccc(N)cc2C1. The highest BCUT2D eigenvalue weighted by Gasteiger charge is 2.27. The van der Waals surface area contributed by atoms with Crippen LogP contribution in [0, 0.1) is 0 Å². The van der Waals surface area contributed by atoms with E-state index in [2.05, 4.69) is 49.9 Å². The molecular formula is C14H23N3. The lowest BCUT2D eigenvalue weighted by molar-refractivity contribution is 0.118. The minimum Gasteiger partial charge on any atom is -0.399 e. The average molecular weight is 233 g/mol. The van der Waals surface area contributed by atoms with Gasteiger partial charge in [-0.15, -0.1) is 0 Å². The Morgan fingerprint density at radius 3 is 2.53 bits per heavy atom. The third-order valence-corrected chi connectivity index (χ3v) is 3.84. The summed E-state index contributed by atoms with van der Waals surface area (Å²) in [5.41, 5.74) is 9.71. The third-order valence-electron chi connectivity index (χ3n) is 3.84. The first-order chi connectivity index (χ1) is 7.88. The van der Waals surface area contributed by atoms with Crippen molar-refractivity contribution in [1.82, 2.24) is 9.80 Å². The summed E-state index contributed by atoms with van der Waals surface area (Å²) in [4.78, 5) is 4.77. The zero-order valence-electron chi connectivity index (χ0n) is 11.3. The zero-order valence-corrected chi connectivity index (χ0v) is 11.3. The fraction of sp³-hybridized carbons (Fsp3) is 0.571. The van der Waals surface area contributed by atoms with Crippen LogP contribution in [0.2, 0.25) is 0 Å². The van der Waals surface area contributed by atoms with Crippen LogP contribution in [0.25, 0.3) is 0 Å². The van der Waals surface area contributed by atoms with Crippen LogP contribution < -0.4 is 5.73 Å². The van der Waals surface area contributed by atoms with Crippen LogP contribution in [0.4, 0.5) is 5.69 Å². The van der Waals surface area contributed by atoms with Gasteiger partial charge in [0, 0.05) is 30.9 Å². The van der Waals surface area contributed by atoms with Gasteiger partial charge < -0.3 is 10.6 Å². The van der Waals surface area contributed by atoms with E-state index < -0.39 is 0 Å². The summed E-state index contributed by atoms with van der Waals surface area (Å²) in [6.45, 7) is 7.72. The summed E-state index contributed by atoms with van der Waals surface area (Å²) in [6.07, 6.45) is 0. The fourth-order valence-electron chi connectivity index (χ4n) is 2.29. The molecule has 0 aliphatic carbocycles. The van der Waals surface area contributed by atoms with Crippen molar-refractivity contribution in [2.24, 2.45) is 0 Å². The highest BCUT2D eigenvalue weighted by atomic mass is 15.2. The highest BCUT2D eigenvalue weighted by Crippen LogP contribution is 2.26. The summed E-state index contributed by atoms with van der Waals surface area (Å²) in [5.74, 6) is 0. The van der Waals surface area contributed by atoms with Crippen LogP contribution in [-0.4, -0.2) is 36.0 Å². The van der Waals surface area contributed by atoms with E-state index in [9.17, 15) is 0 Å². The van der Waals surface area contributed by atoms with Gasteiger partial charge >= 0.3 is 0 Å². The predicted octanol–water partition coefficient (Wildman–Crippen LogP) is 1.92. The largest absolute Gasteiger partial charge is 0.399 e. The van der Waals surface area contributed by atoms with Gasteiger partial charge in [0.2, 0.25) is 0 Å². The number of anilines is 1. The van der Waals surface area contributed by atoms with Crippen molar-refractivity contribution in [3.63, 3.8) is 0 Å². The molecular weight excluding hydrogens is 210 g/mol. The molecule has 94 valence electrons. The van der Waals surface area contributed by atoms with E-state index in [0.717, 1.165) is 25.3 Å². The summed E-state index contributed by atoms with van der Waals surface area (Å²) in [7, 11) is 4.28. The summed E-state index contributed by atoms with van der Waals surface area (Å²) >= 11 is 0. The average Bonchev–Trinajstić information content (AvgIpc) is 2.57. The van der Waals surface area contributed by atoms with E-state index in [1.54, 1.807) is 0 Å². The van der Waals surface area contributed by atoms with Crippen LogP contribution in [-0.2, 0) is 13.1 Å². The van der Waals surface area contributed by atoms with Gasteiger partial charge in [0.1, 0.15) is 0 Å². The zero-order chi connectivity index (χ0) is 12.6. The number of rotatable bonds is 3. The highest BCUT2D eigenvalue weighted by molar-refractivity contribution is 5.46. The fourth-order valence-corrected chi connectivity index (χ4v) is 2.29. The van der Waals surface area contributed by atoms with Gasteiger partial charge in [-0.25, -0.2) is 0 Å². The number of benzene rings is 1. The van der Waals surface area contributed by atoms with Gasteiger partial charge in [-0.05, 0) is 51.2 Å². The van der Waals surface area contributed by atoms with Crippen molar-refractivity contribution in [1.29, 1.82) is 0 Å². The Morgan fingerprint density at radius 2 is 1.88 bits per heavy atom. The lowest BCUT2D eigenvalue weighted by Gasteiger charge is -2.36. The Kier molecular flexibility index (Phi) is 3.15. The van der Waals surface area contributed by atoms with E-state index >= 15 is 0 Å². The maximum absolute atomic E-state index is 5.83. The van der Waals surface area contributed by atoms with Gasteiger partial charge in [0.15, 0.2) is 0 Å². The molecule has 1 aromatic carbocycles. The molecule has 0 spiro atoms. The molecule has 3 heteroatoms. The Hall–Kier alpha value is -1.06. The Labute approximate surface area is 104 Å². The third kappa shape index (κ3) is 2.61. The molecule has 3 nitrogen and oxygen atoms in total.